The van der Waals surface area contributed by atoms with Gasteiger partial charge in [0.15, 0.2) is 24.0 Å². The predicted molar refractivity (Wildman–Crippen MR) is 76.6 cm³/mol. The Morgan fingerprint density at radius 1 is 1.17 bits per heavy atom. The van der Waals surface area contributed by atoms with E-state index in [9.17, 15) is 22.4 Å². The highest BCUT2D eigenvalue weighted by Crippen LogP contribution is 2.26. The largest absolute Gasteiger partial charge is 0.477 e. The summed E-state index contributed by atoms with van der Waals surface area (Å²) >= 11 is 5.73. The molecule has 1 N–H and O–H groups in total. The zero-order valence-electron chi connectivity index (χ0n) is 11.7. The summed E-state index contributed by atoms with van der Waals surface area (Å²) in [6.45, 7) is -0.950. The maximum Gasteiger partial charge on any atom is 0.262 e. The molecule has 0 saturated heterocycles. The molecule has 0 radical (unpaired) electrons. The predicted octanol–water partition coefficient (Wildman–Crippen LogP) is 3.79. The average molecular weight is 359 g/mol. The molecule has 0 unspecified atom stereocenters. The molecule has 0 aliphatic heterocycles. The summed E-state index contributed by atoms with van der Waals surface area (Å²) in [5.74, 6) is -9.12. The number of rotatable bonds is 4. The SMILES string of the molecule is N#Cc1ccc(Cl)cc1NC(=O)COc1c(F)c(F)cc(F)c1F. The first-order valence-corrected chi connectivity index (χ1v) is 6.66. The molecule has 4 nitrogen and oxygen atoms in total. The summed E-state index contributed by atoms with van der Waals surface area (Å²) in [5, 5.41) is 11.4. The van der Waals surface area contributed by atoms with Gasteiger partial charge in [-0.15, -0.1) is 0 Å². The number of hydrogen-bond acceptors (Lipinski definition) is 3. The number of halogens is 5. The van der Waals surface area contributed by atoms with E-state index >= 15 is 0 Å². The number of amides is 1. The monoisotopic (exact) mass is 358 g/mol. The van der Waals surface area contributed by atoms with Crippen molar-refractivity contribution in [2.45, 2.75) is 0 Å². The number of benzene rings is 2. The zero-order chi connectivity index (χ0) is 17.9. The zero-order valence-corrected chi connectivity index (χ0v) is 12.4. The van der Waals surface area contributed by atoms with Gasteiger partial charge in [0.2, 0.25) is 11.6 Å². The molecule has 24 heavy (non-hydrogen) atoms. The summed E-state index contributed by atoms with van der Waals surface area (Å²) in [7, 11) is 0. The van der Waals surface area contributed by atoms with Crippen molar-refractivity contribution in [3.8, 4) is 11.8 Å². The first kappa shape index (κ1) is 17.6. The van der Waals surface area contributed by atoms with Crippen molar-refractivity contribution in [3.05, 3.63) is 58.1 Å². The Morgan fingerprint density at radius 2 is 1.79 bits per heavy atom. The van der Waals surface area contributed by atoms with E-state index in [2.05, 4.69) is 10.1 Å². The summed E-state index contributed by atoms with van der Waals surface area (Å²) in [6.07, 6.45) is 0. The number of carbonyl (C=O) groups excluding carboxylic acids is 1. The highest BCUT2D eigenvalue weighted by atomic mass is 35.5. The first-order valence-electron chi connectivity index (χ1n) is 6.28. The molecule has 0 fully saturated rings. The second kappa shape index (κ2) is 7.19. The van der Waals surface area contributed by atoms with Crippen LogP contribution in [0.4, 0.5) is 23.2 Å². The lowest BCUT2D eigenvalue weighted by Crippen LogP contribution is -2.21. The molecule has 2 rings (SSSR count). The lowest BCUT2D eigenvalue weighted by Gasteiger charge is -2.10. The van der Waals surface area contributed by atoms with Gasteiger partial charge in [0.1, 0.15) is 6.07 Å². The van der Waals surface area contributed by atoms with Crippen molar-refractivity contribution in [2.24, 2.45) is 0 Å². The molecular weight excluding hydrogens is 352 g/mol. The number of hydrogen-bond donors (Lipinski definition) is 1. The van der Waals surface area contributed by atoms with Gasteiger partial charge in [-0.2, -0.15) is 14.0 Å². The Morgan fingerprint density at radius 3 is 2.38 bits per heavy atom. The third-order valence-electron chi connectivity index (χ3n) is 2.80. The van der Waals surface area contributed by atoms with E-state index in [0.717, 1.165) is 0 Å². The standard InChI is InChI=1S/C15H7ClF4N2O2/c16-8-2-1-7(5-21)11(3-8)22-12(23)6-24-15-13(19)9(17)4-10(18)14(15)20/h1-4H,6H2,(H,22,23). The highest BCUT2D eigenvalue weighted by molar-refractivity contribution is 6.31. The second-order valence-electron chi connectivity index (χ2n) is 4.44. The van der Waals surface area contributed by atoms with Crippen molar-refractivity contribution >= 4 is 23.2 Å². The van der Waals surface area contributed by atoms with E-state index in [0.29, 0.717) is 0 Å². The van der Waals surface area contributed by atoms with Gasteiger partial charge in [-0.05, 0) is 18.2 Å². The lowest BCUT2D eigenvalue weighted by atomic mass is 10.2. The topological polar surface area (TPSA) is 62.1 Å². The van der Waals surface area contributed by atoms with E-state index in [-0.39, 0.29) is 22.3 Å². The van der Waals surface area contributed by atoms with Crippen molar-refractivity contribution in [1.82, 2.24) is 0 Å². The minimum Gasteiger partial charge on any atom is -0.477 e. The summed E-state index contributed by atoms with van der Waals surface area (Å²) in [4.78, 5) is 11.7. The van der Waals surface area contributed by atoms with E-state index < -0.39 is 41.5 Å². The minimum atomic E-state index is -1.76. The van der Waals surface area contributed by atoms with Gasteiger partial charge >= 0.3 is 0 Å². The number of carbonyl (C=O) groups is 1. The maximum atomic E-state index is 13.4. The van der Waals surface area contributed by atoms with Gasteiger partial charge in [-0.1, -0.05) is 11.6 Å². The van der Waals surface area contributed by atoms with E-state index in [4.69, 9.17) is 16.9 Å². The summed E-state index contributed by atoms with van der Waals surface area (Å²) < 4.78 is 57.3. The number of nitrogens with zero attached hydrogens (tertiary/aromatic N) is 1. The molecule has 0 heterocycles. The van der Waals surface area contributed by atoms with Crippen molar-refractivity contribution < 1.29 is 27.1 Å². The molecule has 0 spiro atoms. The Hall–Kier alpha value is -2.79. The third-order valence-corrected chi connectivity index (χ3v) is 3.03. The van der Waals surface area contributed by atoms with Gasteiger partial charge < -0.3 is 10.1 Å². The van der Waals surface area contributed by atoms with Gasteiger partial charge in [0.25, 0.3) is 5.91 Å². The quantitative estimate of drug-likeness (QED) is 0.668. The van der Waals surface area contributed by atoms with Crippen molar-refractivity contribution in [1.29, 1.82) is 5.26 Å². The molecular formula is C15H7ClF4N2O2. The molecule has 0 aromatic heterocycles. The molecule has 0 atom stereocenters. The van der Waals surface area contributed by atoms with Gasteiger partial charge in [0.05, 0.1) is 11.3 Å². The Kier molecular flexibility index (Phi) is 5.26. The number of ether oxygens (including phenoxy) is 1. The molecule has 0 bridgehead atoms. The molecule has 0 saturated carbocycles. The fourth-order valence-electron chi connectivity index (χ4n) is 1.72. The Labute approximate surface area is 138 Å². The van der Waals surface area contributed by atoms with Crippen LogP contribution >= 0.6 is 11.6 Å². The first-order chi connectivity index (χ1) is 11.3. The van der Waals surface area contributed by atoms with Gasteiger partial charge in [-0.25, -0.2) is 8.78 Å². The van der Waals surface area contributed by atoms with Crippen LogP contribution in [-0.4, -0.2) is 12.5 Å². The van der Waals surface area contributed by atoms with Gasteiger partial charge in [-0.3, -0.25) is 4.79 Å². The Balaban J connectivity index is 2.13. The molecule has 0 aliphatic carbocycles. The van der Waals surface area contributed by atoms with Crippen LogP contribution in [0, 0.1) is 34.6 Å². The Bertz CT molecular complexity index is 826. The summed E-state index contributed by atoms with van der Waals surface area (Å²) in [6, 6.07) is 5.87. The van der Waals surface area contributed by atoms with Crippen LogP contribution in [0.3, 0.4) is 0 Å². The summed E-state index contributed by atoms with van der Waals surface area (Å²) in [5.41, 5.74) is 0.131. The van der Waals surface area contributed by atoms with Crippen molar-refractivity contribution in [2.75, 3.05) is 11.9 Å². The average Bonchev–Trinajstić information content (AvgIpc) is 2.53. The molecule has 124 valence electrons. The van der Waals surface area contributed by atoms with Crippen LogP contribution in [0.5, 0.6) is 5.75 Å². The second-order valence-corrected chi connectivity index (χ2v) is 4.87. The highest BCUT2D eigenvalue weighted by Gasteiger charge is 2.21. The molecule has 9 heteroatoms. The molecule has 1 amide bonds. The number of nitriles is 1. The van der Waals surface area contributed by atoms with E-state index in [1.807, 2.05) is 0 Å². The van der Waals surface area contributed by atoms with E-state index in [1.165, 1.54) is 18.2 Å². The lowest BCUT2D eigenvalue weighted by molar-refractivity contribution is -0.118. The van der Waals surface area contributed by atoms with Crippen LogP contribution < -0.4 is 10.1 Å². The third kappa shape index (κ3) is 3.75. The van der Waals surface area contributed by atoms with Crippen LogP contribution in [0.25, 0.3) is 0 Å². The fraction of sp³-hybridized carbons (Fsp3) is 0.0667. The molecule has 0 aliphatic rings. The molecule has 2 aromatic carbocycles. The minimum absolute atomic E-state index is 0.0166. The maximum absolute atomic E-state index is 13.4. The molecule has 2 aromatic rings. The number of anilines is 1. The van der Waals surface area contributed by atoms with Crippen LogP contribution in [-0.2, 0) is 4.79 Å². The van der Waals surface area contributed by atoms with Crippen LogP contribution in [0.15, 0.2) is 24.3 Å². The fourth-order valence-corrected chi connectivity index (χ4v) is 1.89. The normalized spacial score (nSPS) is 10.2. The van der Waals surface area contributed by atoms with Gasteiger partial charge in [0, 0.05) is 11.1 Å². The smallest absolute Gasteiger partial charge is 0.262 e. The van der Waals surface area contributed by atoms with Crippen molar-refractivity contribution in [3.63, 3.8) is 0 Å². The van der Waals surface area contributed by atoms with E-state index in [1.54, 1.807) is 6.07 Å². The number of nitrogens with one attached hydrogen (secondary N) is 1. The van der Waals surface area contributed by atoms with Crippen LogP contribution in [0.2, 0.25) is 5.02 Å². The van der Waals surface area contributed by atoms with Crippen LogP contribution in [0.1, 0.15) is 5.56 Å².